The second-order valence-corrected chi connectivity index (χ2v) is 11.7. The zero-order valence-electron chi connectivity index (χ0n) is 22.9. The van der Waals surface area contributed by atoms with Gasteiger partial charge in [-0.1, -0.05) is 23.7 Å². The smallest absolute Gasteiger partial charge is 0.388 e. The van der Waals surface area contributed by atoms with Gasteiger partial charge < -0.3 is 24.7 Å². The Morgan fingerprint density at radius 2 is 2.02 bits per heavy atom. The Balaban J connectivity index is 1.53. The minimum atomic E-state index is -1.10. The van der Waals surface area contributed by atoms with Gasteiger partial charge in [0.25, 0.3) is 5.90 Å². The second-order valence-electron chi connectivity index (χ2n) is 11.3. The monoisotopic (exact) mass is 575 g/mol. The molecule has 2 aromatic heterocycles. The van der Waals surface area contributed by atoms with Crippen molar-refractivity contribution < 1.29 is 14.3 Å². The standard InChI is InChI=1S/C30H34ClN7O3/c1-2-18-8-10-19(11-9-18)16-38-25-24(20-5-3-7-22(31)15-20)34-28(26(32)41-29(33)39)35-27(25)36-30(38)37-13-4-6-21-17-40-14-12-23(21)37/h1,3,5,7,15,18-19,21,23,32H,4,6,8-14,16-17H2,(H2,33,39)/t18-,19-,21?,23?. The molecule has 214 valence electrons. The zero-order valence-corrected chi connectivity index (χ0v) is 23.6. The normalized spacial score (nSPS) is 24.4. The first kappa shape index (κ1) is 27.5. The highest BCUT2D eigenvalue weighted by molar-refractivity contribution is 6.30. The van der Waals surface area contributed by atoms with Gasteiger partial charge in [-0.05, 0) is 63.0 Å². The highest BCUT2D eigenvalue weighted by atomic mass is 35.5. The van der Waals surface area contributed by atoms with E-state index in [0.717, 1.165) is 88.3 Å². The number of amides is 1. The van der Waals surface area contributed by atoms with Gasteiger partial charge in [0.1, 0.15) is 11.2 Å². The topological polar surface area (TPSA) is 132 Å². The molecule has 2 aliphatic heterocycles. The lowest BCUT2D eigenvalue weighted by Crippen LogP contribution is -2.50. The number of anilines is 1. The third-order valence-corrected chi connectivity index (χ3v) is 8.91. The Hall–Kier alpha value is -3.68. The van der Waals surface area contributed by atoms with Crippen LogP contribution in [-0.2, 0) is 16.0 Å². The van der Waals surface area contributed by atoms with Crippen molar-refractivity contribution >= 4 is 40.7 Å². The van der Waals surface area contributed by atoms with Crippen molar-refractivity contribution in [2.24, 2.45) is 23.5 Å². The first-order chi connectivity index (χ1) is 19.9. The van der Waals surface area contributed by atoms with Crippen LogP contribution in [0.4, 0.5) is 10.7 Å². The van der Waals surface area contributed by atoms with E-state index >= 15 is 0 Å². The highest BCUT2D eigenvalue weighted by Crippen LogP contribution is 2.39. The Bertz CT molecular complexity index is 1510. The molecular weight excluding hydrogens is 542 g/mol. The predicted molar refractivity (Wildman–Crippen MR) is 157 cm³/mol. The van der Waals surface area contributed by atoms with Crippen molar-refractivity contribution in [2.75, 3.05) is 24.7 Å². The van der Waals surface area contributed by atoms with Gasteiger partial charge in [0.15, 0.2) is 5.65 Å². The van der Waals surface area contributed by atoms with Gasteiger partial charge in [0.05, 0.1) is 6.61 Å². The number of nitrogens with two attached hydrogens (primary N) is 1. The summed E-state index contributed by atoms with van der Waals surface area (Å²) in [5.74, 6) is 4.39. The molecule has 4 heterocycles. The van der Waals surface area contributed by atoms with Gasteiger partial charge in [-0.2, -0.15) is 4.98 Å². The van der Waals surface area contributed by atoms with E-state index in [9.17, 15) is 4.79 Å². The molecule has 3 aromatic rings. The molecule has 1 saturated carbocycles. The molecule has 0 radical (unpaired) electrons. The summed E-state index contributed by atoms with van der Waals surface area (Å²) in [6.45, 7) is 3.13. The van der Waals surface area contributed by atoms with Crippen molar-refractivity contribution in [1.29, 1.82) is 5.41 Å². The number of halogens is 1. The number of benzene rings is 1. The number of imidazole rings is 1. The fraction of sp³-hybridized carbons (Fsp3) is 0.500. The van der Waals surface area contributed by atoms with Crippen molar-refractivity contribution in [3.63, 3.8) is 0 Å². The lowest BCUT2D eigenvalue weighted by Gasteiger charge is -2.44. The van der Waals surface area contributed by atoms with Crippen LogP contribution in [0.5, 0.6) is 0 Å². The van der Waals surface area contributed by atoms with E-state index < -0.39 is 12.0 Å². The molecule has 3 aliphatic rings. The fourth-order valence-corrected chi connectivity index (χ4v) is 6.87. The van der Waals surface area contributed by atoms with Crippen molar-refractivity contribution in [1.82, 2.24) is 19.5 Å². The molecule has 1 aromatic carbocycles. The summed E-state index contributed by atoms with van der Waals surface area (Å²) in [7, 11) is 0. The minimum Gasteiger partial charge on any atom is -0.388 e. The molecule has 0 spiro atoms. The summed E-state index contributed by atoms with van der Waals surface area (Å²) in [6.07, 6.45) is 11.9. The highest BCUT2D eigenvalue weighted by Gasteiger charge is 2.37. The molecule has 2 unspecified atom stereocenters. The second kappa shape index (κ2) is 11.7. The van der Waals surface area contributed by atoms with Gasteiger partial charge in [-0.3, -0.25) is 5.41 Å². The molecule has 10 nitrogen and oxygen atoms in total. The maximum Gasteiger partial charge on any atom is 0.411 e. The van der Waals surface area contributed by atoms with Gasteiger partial charge in [-0.25, -0.2) is 14.8 Å². The number of nitrogens with one attached hydrogen (secondary N) is 1. The number of carbonyl (C=O) groups excluding carboxylic acids is 1. The summed E-state index contributed by atoms with van der Waals surface area (Å²) < 4.78 is 13.0. The molecule has 2 atom stereocenters. The van der Waals surface area contributed by atoms with E-state index in [4.69, 9.17) is 48.6 Å². The molecule has 3 N–H and O–H groups in total. The molecule has 3 fully saturated rings. The summed E-state index contributed by atoms with van der Waals surface area (Å²) in [5, 5.41) is 8.86. The van der Waals surface area contributed by atoms with E-state index in [0.29, 0.717) is 40.2 Å². The summed E-state index contributed by atoms with van der Waals surface area (Å²) in [5.41, 5.74) is 7.73. The van der Waals surface area contributed by atoms with Gasteiger partial charge in [-0.15, -0.1) is 12.3 Å². The minimum absolute atomic E-state index is 0.0698. The van der Waals surface area contributed by atoms with Crippen LogP contribution in [0.1, 0.15) is 50.8 Å². The van der Waals surface area contributed by atoms with Crippen LogP contribution in [0.3, 0.4) is 0 Å². The number of nitrogens with zero attached hydrogens (tertiary/aromatic N) is 5. The van der Waals surface area contributed by atoms with Gasteiger partial charge in [0, 0.05) is 48.2 Å². The number of piperidine rings is 1. The van der Waals surface area contributed by atoms with Crippen LogP contribution in [0.15, 0.2) is 24.3 Å². The third kappa shape index (κ3) is 5.61. The number of primary amides is 1. The molecule has 41 heavy (non-hydrogen) atoms. The molecule has 1 aliphatic carbocycles. The Morgan fingerprint density at radius 1 is 1.20 bits per heavy atom. The van der Waals surface area contributed by atoms with E-state index in [2.05, 4.69) is 20.4 Å². The summed E-state index contributed by atoms with van der Waals surface area (Å²) in [4.78, 5) is 28.4. The Morgan fingerprint density at radius 3 is 2.78 bits per heavy atom. The average molecular weight is 576 g/mol. The van der Waals surface area contributed by atoms with Crippen LogP contribution in [0.25, 0.3) is 22.4 Å². The molecule has 0 bridgehead atoms. The lowest BCUT2D eigenvalue weighted by atomic mass is 9.82. The van der Waals surface area contributed by atoms with Crippen LogP contribution in [-0.4, -0.2) is 57.3 Å². The first-order valence-electron chi connectivity index (χ1n) is 14.3. The molecule has 6 rings (SSSR count). The number of ether oxygens (including phenoxy) is 2. The van der Waals surface area contributed by atoms with Crippen molar-refractivity contribution in [3.8, 4) is 23.6 Å². The van der Waals surface area contributed by atoms with Crippen molar-refractivity contribution in [3.05, 3.63) is 35.1 Å². The quantitative estimate of drug-likeness (QED) is 0.248. The molecular formula is C30H34ClN7O3. The summed E-state index contributed by atoms with van der Waals surface area (Å²) >= 11 is 6.41. The van der Waals surface area contributed by atoms with E-state index in [1.54, 1.807) is 6.07 Å². The number of terminal acetylenes is 1. The zero-order chi connectivity index (χ0) is 28.5. The van der Waals surface area contributed by atoms with E-state index in [-0.39, 0.29) is 5.82 Å². The number of hydrogen-bond donors (Lipinski definition) is 2. The number of rotatable bonds is 5. The number of aromatic nitrogens is 4. The Labute approximate surface area is 244 Å². The van der Waals surface area contributed by atoms with Crippen LogP contribution < -0.4 is 10.6 Å². The van der Waals surface area contributed by atoms with E-state index in [1.807, 2.05) is 18.2 Å². The van der Waals surface area contributed by atoms with E-state index in [1.165, 1.54) is 0 Å². The van der Waals surface area contributed by atoms with Crippen molar-refractivity contribution in [2.45, 2.75) is 57.5 Å². The predicted octanol–water partition coefficient (Wildman–Crippen LogP) is 5.01. The average Bonchev–Trinajstić information content (AvgIpc) is 3.34. The molecule has 11 heteroatoms. The van der Waals surface area contributed by atoms with Crippen LogP contribution in [0, 0.1) is 35.5 Å². The maximum atomic E-state index is 11.4. The SMILES string of the molecule is C#C[C@H]1CC[C@H](Cn2c(N3CCCC4COCCC43)nc3nc(C(=N)OC(N)=O)nc(-c4cccc(Cl)c4)c32)CC1. The molecule has 2 saturated heterocycles. The Kier molecular flexibility index (Phi) is 7.82. The lowest BCUT2D eigenvalue weighted by molar-refractivity contribution is 0.0278. The fourth-order valence-electron chi connectivity index (χ4n) is 6.68. The number of carbonyl (C=O) groups is 1. The third-order valence-electron chi connectivity index (χ3n) is 8.68. The van der Waals surface area contributed by atoms with Gasteiger partial charge in [0.2, 0.25) is 11.8 Å². The number of fused-ring (bicyclic) bond motifs is 2. The van der Waals surface area contributed by atoms with Gasteiger partial charge >= 0.3 is 6.09 Å². The maximum absolute atomic E-state index is 11.4. The largest absolute Gasteiger partial charge is 0.411 e. The van der Waals surface area contributed by atoms with Crippen LogP contribution >= 0.6 is 11.6 Å². The summed E-state index contributed by atoms with van der Waals surface area (Å²) in [6, 6.07) is 7.73. The van der Waals surface area contributed by atoms with Crippen LogP contribution in [0.2, 0.25) is 5.02 Å². The molecule has 1 amide bonds. The first-order valence-corrected chi connectivity index (χ1v) is 14.7. The number of hydrogen-bond acceptors (Lipinski definition) is 8.